The number of aryl methyl sites for hydroxylation is 1. The number of aromatic nitrogens is 1. The zero-order valence-corrected chi connectivity index (χ0v) is 14.9. The second kappa shape index (κ2) is 8.01. The van der Waals surface area contributed by atoms with E-state index in [1.807, 2.05) is 37.3 Å². The lowest BCUT2D eigenvalue weighted by atomic mass is 10.2. The van der Waals surface area contributed by atoms with E-state index in [1.54, 1.807) is 13.1 Å². The van der Waals surface area contributed by atoms with Crippen molar-refractivity contribution in [2.45, 2.75) is 39.3 Å². The van der Waals surface area contributed by atoms with E-state index < -0.39 is 6.10 Å². The molecule has 1 saturated heterocycles. The first kappa shape index (κ1) is 17.3. The largest absolute Gasteiger partial charge is 0.481 e. The van der Waals surface area contributed by atoms with Gasteiger partial charge in [0.25, 0.3) is 5.91 Å². The fraction of sp³-hybridized carbons (Fsp3) is 0.400. The Kier molecular flexibility index (Phi) is 5.53. The quantitative estimate of drug-likeness (QED) is 0.879. The van der Waals surface area contributed by atoms with Gasteiger partial charge in [0.15, 0.2) is 6.10 Å². The van der Waals surface area contributed by atoms with Crippen LogP contribution in [0, 0.1) is 6.92 Å². The molecule has 5 nitrogen and oxygen atoms in total. The fourth-order valence-corrected chi connectivity index (χ4v) is 2.90. The first-order valence-electron chi connectivity index (χ1n) is 8.83. The predicted molar refractivity (Wildman–Crippen MR) is 98.8 cm³/mol. The van der Waals surface area contributed by atoms with Crippen LogP contribution in [0.1, 0.15) is 30.9 Å². The molecule has 0 saturated carbocycles. The van der Waals surface area contributed by atoms with E-state index in [-0.39, 0.29) is 5.91 Å². The highest BCUT2D eigenvalue weighted by Gasteiger charge is 2.16. The highest BCUT2D eigenvalue weighted by Crippen LogP contribution is 2.18. The van der Waals surface area contributed by atoms with Gasteiger partial charge in [0.2, 0.25) is 0 Å². The normalized spacial score (nSPS) is 15.0. The van der Waals surface area contributed by atoms with Crippen molar-refractivity contribution in [3.8, 4) is 5.75 Å². The lowest BCUT2D eigenvalue weighted by molar-refractivity contribution is -0.127. The van der Waals surface area contributed by atoms with Gasteiger partial charge in [0.1, 0.15) is 11.6 Å². The number of nitrogens with zero attached hydrogens (tertiary/aromatic N) is 2. The maximum Gasteiger partial charge on any atom is 0.261 e. The Hall–Kier alpha value is -2.56. The third kappa shape index (κ3) is 4.72. The van der Waals surface area contributed by atoms with Gasteiger partial charge in [-0.05, 0) is 56.5 Å². The summed E-state index contributed by atoms with van der Waals surface area (Å²) in [7, 11) is 0. The SMILES string of the molecule is Cc1ccc(OC(C)C(=O)NCc2ccnc(N3CCCC3)c2)cc1. The third-order valence-corrected chi connectivity index (χ3v) is 4.41. The number of carbonyl (C=O) groups excluding carboxylic acids is 1. The van der Waals surface area contributed by atoms with Crippen LogP contribution in [-0.2, 0) is 11.3 Å². The van der Waals surface area contributed by atoms with E-state index in [4.69, 9.17) is 4.74 Å². The molecule has 0 radical (unpaired) electrons. The standard InChI is InChI=1S/C20H25N3O2/c1-15-5-7-18(8-6-15)25-16(2)20(24)22-14-17-9-10-21-19(13-17)23-11-3-4-12-23/h5-10,13,16H,3-4,11-12,14H2,1-2H3,(H,22,24). The molecule has 1 amide bonds. The third-order valence-electron chi connectivity index (χ3n) is 4.41. The van der Waals surface area contributed by atoms with Gasteiger partial charge in [-0.2, -0.15) is 0 Å². The van der Waals surface area contributed by atoms with Crippen LogP contribution in [0.5, 0.6) is 5.75 Å². The first-order valence-corrected chi connectivity index (χ1v) is 8.83. The second-order valence-electron chi connectivity index (χ2n) is 6.51. The minimum absolute atomic E-state index is 0.125. The molecule has 0 bridgehead atoms. The lowest BCUT2D eigenvalue weighted by Gasteiger charge is -2.18. The number of hydrogen-bond acceptors (Lipinski definition) is 4. The summed E-state index contributed by atoms with van der Waals surface area (Å²) in [6.07, 6.45) is 3.71. The average molecular weight is 339 g/mol. The fourth-order valence-electron chi connectivity index (χ4n) is 2.90. The highest BCUT2D eigenvalue weighted by molar-refractivity contribution is 5.80. The molecule has 1 aromatic heterocycles. The van der Waals surface area contributed by atoms with Crippen molar-refractivity contribution in [2.75, 3.05) is 18.0 Å². The second-order valence-corrected chi connectivity index (χ2v) is 6.51. The van der Waals surface area contributed by atoms with E-state index >= 15 is 0 Å². The molecule has 1 atom stereocenters. The maximum atomic E-state index is 12.3. The van der Waals surface area contributed by atoms with Crippen molar-refractivity contribution in [3.63, 3.8) is 0 Å². The number of amides is 1. The smallest absolute Gasteiger partial charge is 0.261 e. The number of hydrogen-bond donors (Lipinski definition) is 1. The molecular formula is C20H25N3O2. The molecule has 2 heterocycles. The van der Waals surface area contributed by atoms with E-state index in [1.165, 1.54) is 12.8 Å². The molecule has 25 heavy (non-hydrogen) atoms. The van der Waals surface area contributed by atoms with E-state index in [0.29, 0.717) is 12.3 Å². The lowest BCUT2D eigenvalue weighted by Crippen LogP contribution is -2.36. The summed E-state index contributed by atoms with van der Waals surface area (Å²) in [5.74, 6) is 1.57. The molecule has 1 fully saturated rings. The van der Waals surface area contributed by atoms with Gasteiger partial charge < -0.3 is 15.0 Å². The van der Waals surface area contributed by atoms with Crippen LogP contribution in [0.25, 0.3) is 0 Å². The summed E-state index contributed by atoms with van der Waals surface area (Å²) in [6.45, 7) is 6.38. The van der Waals surface area contributed by atoms with Crippen LogP contribution in [0.3, 0.4) is 0 Å². The van der Waals surface area contributed by atoms with Crippen molar-refractivity contribution in [1.29, 1.82) is 0 Å². The van der Waals surface area contributed by atoms with Crippen LogP contribution in [-0.4, -0.2) is 30.1 Å². The molecule has 0 aliphatic carbocycles. The molecule has 2 aromatic rings. The molecule has 0 spiro atoms. The molecule has 1 aromatic carbocycles. The van der Waals surface area contributed by atoms with Crippen molar-refractivity contribution in [2.24, 2.45) is 0 Å². The topological polar surface area (TPSA) is 54.5 Å². The molecule has 1 aliphatic rings. The van der Waals surface area contributed by atoms with E-state index in [2.05, 4.69) is 21.3 Å². The Balaban J connectivity index is 1.52. The molecule has 3 rings (SSSR count). The minimum Gasteiger partial charge on any atom is -0.481 e. The van der Waals surface area contributed by atoms with Gasteiger partial charge in [-0.15, -0.1) is 0 Å². The summed E-state index contributed by atoms with van der Waals surface area (Å²) >= 11 is 0. The van der Waals surface area contributed by atoms with Gasteiger partial charge >= 0.3 is 0 Å². The van der Waals surface area contributed by atoms with Crippen molar-refractivity contribution < 1.29 is 9.53 Å². The maximum absolute atomic E-state index is 12.3. The zero-order chi connectivity index (χ0) is 17.6. The van der Waals surface area contributed by atoms with Gasteiger partial charge in [-0.1, -0.05) is 17.7 Å². The molecule has 1 N–H and O–H groups in total. The first-order chi connectivity index (χ1) is 12.1. The van der Waals surface area contributed by atoms with Gasteiger partial charge in [0, 0.05) is 25.8 Å². The molecule has 1 aliphatic heterocycles. The highest BCUT2D eigenvalue weighted by atomic mass is 16.5. The average Bonchev–Trinajstić information content (AvgIpc) is 3.16. The molecule has 132 valence electrons. The Bertz CT molecular complexity index is 709. The number of pyridine rings is 1. The van der Waals surface area contributed by atoms with E-state index in [0.717, 1.165) is 30.0 Å². The zero-order valence-electron chi connectivity index (χ0n) is 14.9. The van der Waals surface area contributed by atoms with Gasteiger partial charge in [-0.25, -0.2) is 4.98 Å². The Morgan fingerprint density at radius 3 is 2.68 bits per heavy atom. The van der Waals surface area contributed by atoms with Crippen LogP contribution in [0.15, 0.2) is 42.6 Å². The van der Waals surface area contributed by atoms with Crippen molar-refractivity contribution in [3.05, 3.63) is 53.7 Å². The van der Waals surface area contributed by atoms with Gasteiger partial charge in [-0.3, -0.25) is 4.79 Å². The summed E-state index contributed by atoms with van der Waals surface area (Å²) < 4.78 is 5.69. The van der Waals surface area contributed by atoms with Crippen LogP contribution < -0.4 is 15.0 Å². The van der Waals surface area contributed by atoms with Crippen molar-refractivity contribution >= 4 is 11.7 Å². The van der Waals surface area contributed by atoms with Crippen LogP contribution >= 0.6 is 0 Å². The number of rotatable bonds is 6. The van der Waals surface area contributed by atoms with Crippen LogP contribution in [0.4, 0.5) is 5.82 Å². The summed E-state index contributed by atoms with van der Waals surface area (Å²) in [5, 5.41) is 2.94. The monoisotopic (exact) mass is 339 g/mol. The molecule has 1 unspecified atom stereocenters. The van der Waals surface area contributed by atoms with Crippen molar-refractivity contribution in [1.82, 2.24) is 10.3 Å². The molecular weight excluding hydrogens is 314 g/mol. The summed E-state index contributed by atoms with van der Waals surface area (Å²) in [4.78, 5) is 19.0. The number of anilines is 1. The molecule has 5 heteroatoms. The Morgan fingerprint density at radius 1 is 1.24 bits per heavy atom. The van der Waals surface area contributed by atoms with Crippen LogP contribution in [0.2, 0.25) is 0 Å². The van der Waals surface area contributed by atoms with E-state index in [9.17, 15) is 4.79 Å². The Labute approximate surface area is 149 Å². The predicted octanol–water partition coefficient (Wildman–Crippen LogP) is 3.07. The number of benzene rings is 1. The Morgan fingerprint density at radius 2 is 1.96 bits per heavy atom. The number of carbonyl (C=O) groups is 1. The number of nitrogens with one attached hydrogen (secondary N) is 1. The summed E-state index contributed by atoms with van der Waals surface area (Å²) in [5.41, 5.74) is 2.21. The minimum atomic E-state index is -0.539. The number of ether oxygens (including phenoxy) is 1. The van der Waals surface area contributed by atoms with Gasteiger partial charge in [0.05, 0.1) is 0 Å². The summed E-state index contributed by atoms with van der Waals surface area (Å²) in [6, 6.07) is 11.7.